The molecule has 0 fully saturated rings. The van der Waals surface area contributed by atoms with E-state index in [2.05, 4.69) is 5.32 Å². The molecular formula is C18H21NO3. The fourth-order valence-electron chi connectivity index (χ4n) is 2.25. The summed E-state index contributed by atoms with van der Waals surface area (Å²) in [6.07, 6.45) is 0.681. The predicted molar refractivity (Wildman–Crippen MR) is 85.6 cm³/mol. The molecule has 0 spiro atoms. The van der Waals surface area contributed by atoms with Gasteiger partial charge >= 0.3 is 0 Å². The Kier molecular flexibility index (Phi) is 5.98. The van der Waals surface area contributed by atoms with E-state index in [0.29, 0.717) is 12.8 Å². The van der Waals surface area contributed by atoms with E-state index < -0.39 is 6.10 Å². The lowest BCUT2D eigenvalue weighted by molar-refractivity contribution is -0.121. The van der Waals surface area contributed by atoms with Crippen molar-refractivity contribution in [3.05, 3.63) is 65.7 Å². The Morgan fingerprint density at radius 3 is 2.45 bits per heavy atom. The predicted octanol–water partition coefficient (Wildman–Crippen LogP) is 2.04. The summed E-state index contributed by atoms with van der Waals surface area (Å²) in [7, 11) is 0. The molecule has 0 heterocycles. The highest BCUT2D eigenvalue weighted by molar-refractivity contribution is 5.76. The van der Waals surface area contributed by atoms with Gasteiger partial charge < -0.3 is 15.5 Å². The zero-order chi connectivity index (χ0) is 15.8. The Hall–Kier alpha value is -2.33. The molecule has 0 radical (unpaired) electrons. The maximum Gasteiger partial charge on any atom is 0.220 e. The van der Waals surface area contributed by atoms with Gasteiger partial charge in [-0.3, -0.25) is 4.79 Å². The van der Waals surface area contributed by atoms with E-state index in [-0.39, 0.29) is 24.6 Å². The molecule has 4 nitrogen and oxygen atoms in total. The number of carbonyl (C=O) groups excluding carboxylic acids is 1. The second-order valence-electron chi connectivity index (χ2n) is 5.28. The molecule has 3 N–H and O–H groups in total. The summed E-state index contributed by atoms with van der Waals surface area (Å²) in [5.41, 5.74) is 1.79. The highest BCUT2D eigenvalue weighted by Gasteiger charge is 2.09. The first-order valence-electron chi connectivity index (χ1n) is 7.40. The Morgan fingerprint density at radius 2 is 1.73 bits per heavy atom. The van der Waals surface area contributed by atoms with Crippen LogP contribution >= 0.6 is 0 Å². The molecule has 0 aliphatic rings. The van der Waals surface area contributed by atoms with Crippen molar-refractivity contribution in [1.29, 1.82) is 0 Å². The molecule has 0 bridgehead atoms. The van der Waals surface area contributed by atoms with E-state index in [9.17, 15) is 15.0 Å². The summed E-state index contributed by atoms with van der Waals surface area (Å²) in [6.45, 7) is 0.231. The van der Waals surface area contributed by atoms with E-state index >= 15 is 0 Å². The van der Waals surface area contributed by atoms with Crippen molar-refractivity contribution < 1.29 is 15.0 Å². The molecule has 0 aromatic heterocycles. The number of hydrogen-bond acceptors (Lipinski definition) is 3. The van der Waals surface area contributed by atoms with Crippen LogP contribution in [0, 0.1) is 0 Å². The number of carbonyl (C=O) groups is 1. The fourth-order valence-corrected chi connectivity index (χ4v) is 2.25. The van der Waals surface area contributed by atoms with E-state index in [0.717, 1.165) is 11.1 Å². The number of hydrogen-bond donors (Lipinski definition) is 3. The molecule has 1 amide bonds. The minimum Gasteiger partial charge on any atom is -0.508 e. The maximum atomic E-state index is 11.8. The molecule has 4 heteroatoms. The van der Waals surface area contributed by atoms with E-state index in [4.69, 9.17) is 0 Å². The summed E-state index contributed by atoms with van der Waals surface area (Å²) < 4.78 is 0. The van der Waals surface area contributed by atoms with Gasteiger partial charge in [0.25, 0.3) is 0 Å². The first-order chi connectivity index (χ1) is 10.6. The quantitative estimate of drug-likeness (QED) is 0.733. The van der Waals surface area contributed by atoms with E-state index in [1.807, 2.05) is 36.4 Å². The number of rotatable bonds is 7. The maximum absolute atomic E-state index is 11.8. The average molecular weight is 299 g/mol. The van der Waals surface area contributed by atoms with Crippen LogP contribution in [0.2, 0.25) is 0 Å². The third kappa shape index (κ3) is 5.22. The van der Waals surface area contributed by atoms with Gasteiger partial charge in [-0.2, -0.15) is 0 Å². The van der Waals surface area contributed by atoms with Gasteiger partial charge in [-0.05, 0) is 23.6 Å². The SMILES string of the molecule is O=C(CCc1ccccc1O)NCC(O)Cc1ccccc1. The van der Waals surface area contributed by atoms with E-state index in [1.54, 1.807) is 18.2 Å². The van der Waals surface area contributed by atoms with Gasteiger partial charge in [-0.1, -0.05) is 48.5 Å². The van der Waals surface area contributed by atoms with Gasteiger partial charge in [0.2, 0.25) is 5.91 Å². The molecule has 1 unspecified atom stereocenters. The largest absolute Gasteiger partial charge is 0.508 e. The number of para-hydroxylation sites is 1. The highest BCUT2D eigenvalue weighted by Crippen LogP contribution is 2.17. The Balaban J connectivity index is 1.70. The molecular weight excluding hydrogens is 278 g/mol. The molecule has 1 atom stereocenters. The zero-order valence-electron chi connectivity index (χ0n) is 12.4. The van der Waals surface area contributed by atoms with Gasteiger partial charge in [0.15, 0.2) is 0 Å². The van der Waals surface area contributed by atoms with Crippen LogP contribution in [-0.2, 0) is 17.6 Å². The standard InChI is InChI=1S/C18H21NO3/c20-16(12-14-6-2-1-3-7-14)13-19-18(22)11-10-15-8-4-5-9-17(15)21/h1-9,16,20-21H,10-13H2,(H,19,22). The summed E-state index contributed by atoms with van der Waals surface area (Å²) in [5, 5.41) is 22.3. The topological polar surface area (TPSA) is 69.6 Å². The van der Waals surface area contributed by atoms with E-state index in [1.165, 1.54) is 0 Å². The number of aliphatic hydroxyl groups is 1. The van der Waals surface area contributed by atoms with Crippen molar-refractivity contribution in [3.63, 3.8) is 0 Å². The van der Waals surface area contributed by atoms with Crippen LogP contribution in [0.5, 0.6) is 5.75 Å². The van der Waals surface area contributed by atoms with Crippen molar-refractivity contribution >= 4 is 5.91 Å². The van der Waals surface area contributed by atoms with Gasteiger partial charge in [-0.25, -0.2) is 0 Å². The third-order valence-electron chi connectivity index (χ3n) is 3.46. The Morgan fingerprint density at radius 1 is 1.05 bits per heavy atom. The van der Waals surface area contributed by atoms with Crippen LogP contribution in [0.4, 0.5) is 0 Å². The summed E-state index contributed by atoms with van der Waals surface area (Å²) in [4.78, 5) is 11.8. The van der Waals surface area contributed by atoms with Gasteiger partial charge in [0, 0.05) is 19.4 Å². The molecule has 2 rings (SSSR count). The van der Waals surface area contributed by atoms with Crippen LogP contribution in [0.15, 0.2) is 54.6 Å². The lowest BCUT2D eigenvalue weighted by Crippen LogP contribution is -2.33. The Labute approximate surface area is 130 Å². The third-order valence-corrected chi connectivity index (χ3v) is 3.46. The Bertz CT molecular complexity index is 598. The van der Waals surface area contributed by atoms with Crippen molar-refractivity contribution in [1.82, 2.24) is 5.32 Å². The second kappa shape index (κ2) is 8.20. The fraction of sp³-hybridized carbons (Fsp3) is 0.278. The minimum absolute atomic E-state index is 0.129. The number of amides is 1. The van der Waals surface area contributed by atoms with Crippen LogP contribution in [0.3, 0.4) is 0 Å². The van der Waals surface area contributed by atoms with Crippen LogP contribution in [0.1, 0.15) is 17.5 Å². The van der Waals surface area contributed by atoms with Crippen LogP contribution < -0.4 is 5.32 Å². The summed E-state index contributed by atoms with van der Waals surface area (Å²) in [6, 6.07) is 16.7. The van der Waals surface area contributed by atoms with Crippen molar-refractivity contribution in [2.45, 2.75) is 25.4 Å². The molecule has 116 valence electrons. The minimum atomic E-state index is -0.600. The number of phenols is 1. The first-order valence-corrected chi connectivity index (χ1v) is 7.40. The lowest BCUT2D eigenvalue weighted by Gasteiger charge is -2.12. The number of aryl methyl sites for hydroxylation is 1. The summed E-state index contributed by atoms with van der Waals surface area (Å²) >= 11 is 0. The monoisotopic (exact) mass is 299 g/mol. The molecule has 0 saturated heterocycles. The number of aliphatic hydroxyl groups excluding tert-OH is 1. The number of benzene rings is 2. The second-order valence-corrected chi connectivity index (χ2v) is 5.28. The van der Waals surface area contributed by atoms with Crippen molar-refractivity contribution in [3.8, 4) is 5.75 Å². The normalized spacial score (nSPS) is 11.9. The number of nitrogens with one attached hydrogen (secondary N) is 1. The van der Waals surface area contributed by atoms with Gasteiger partial charge in [-0.15, -0.1) is 0 Å². The number of phenolic OH excluding ortho intramolecular Hbond substituents is 1. The highest BCUT2D eigenvalue weighted by atomic mass is 16.3. The summed E-state index contributed by atoms with van der Waals surface area (Å²) in [5.74, 6) is 0.0785. The lowest BCUT2D eigenvalue weighted by atomic mass is 10.1. The zero-order valence-corrected chi connectivity index (χ0v) is 12.4. The first kappa shape index (κ1) is 16.0. The molecule has 2 aromatic rings. The molecule has 0 aliphatic carbocycles. The molecule has 2 aromatic carbocycles. The smallest absolute Gasteiger partial charge is 0.220 e. The molecule has 22 heavy (non-hydrogen) atoms. The molecule has 0 aliphatic heterocycles. The average Bonchev–Trinajstić information content (AvgIpc) is 2.53. The molecule has 0 saturated carbocycles. The van der Waals surface area contributed by atoms with Gasteiger partial charge in [0.05, 0.1) is 6.10 Å². The van der Waals surface area contributed by atoms with Crippen LogP contribution in [0.25, 0.3) is 0 Å². The van der Waals surface area contributed by atoms with Crippen LogP contribution in [-0.4, -0.2) is 28.8 Å². The van der Waals surface area contributed by atoms with Crippen molar-refractivity contribution in [2.24, 2.45) is 0 Å². The van der Waals surface area contributed by atoms with Gasteiger partial charge in [0.1, 0.15) is 5.75 Å². The van der Waals surface area contributed by atoms with Crippen molar-refractivity contribution in [2.75, 3.05) is 6.54 Å². The number of aromatic hydroxyl groups is 1.